The minimum absolute atomic E-state index is 0.268. The van der Waals surface area contributed by atoms with Crippen molar-refractivity contribution in [2.75, 3.05) is 13.6 Å². The summed E-state index contributed by atoms with van der Waals surface area (Å²) in [6, 6.07) is 0.268. The van der Waals surface area contributed by atoms with Crippen LogP contribution in [0.5, 0.6) is 0 Å². The molecule has 1 rings (SSSR count). The topological polar surface area (TPSA) is 46.4 Å². The van der Waals surface area contributed by atoms with Gasteiger partial charge in [0.05, 0.1) is 4.92 Å². The SMILES string of the molecule is CN1CCCCC1/C=C/[N+](=O)[O-]. The van der Waals surface area contributed by atoms with E-state index in [4.69, 9.17) is 0 Å². The molecule has 0 aliphatic carbocycles. The van der Waals surface area contributed by atoms with Gasteiger partial charge in [0.1, 0.15) is 0 Å². The van der Waals surface area contributed by atoms with E-state index < -0.39 is 4.92 Å². The average molecular weight is 170 g/mol. The second-order valence-electron chi connectivity index (χ2n) is 3.17. The quantitative estimate of drug-likeness (QED) is 0.463. The van der Waals surface area contributed by atoms with Gasteiger partial charge in [-0.3, -0.25) is 15.0 Å². The van der Waals surface area contributed by atoms with Crippen molar-refractivity contribution in [3.8, 4) is 0 Å². The predicted molar refractivity (Wildman–Crippen MR) is 46.4 cm³/mol. The summed E-state index contributed by atoms with van der Waals surface area (Å²) >= 11 is 0. The third-order valence-corrected chi connectivity index (χ3v) is 2.26. The highest BCUT2D eigenvalue weighted by molar-refractivity contribution is 4.91. The lowest BCUT2D eigenvalue weighted by Crippen LogP contribution is -2.34. The first-order valence-corrected chi connectivity index (χ1v) is 4.22. The molecule has 1 fully saturated rings. The second kappa shape index (κ2) is 4.21. The molecule has 0 spiro atoms. The summed E-state index contributed by atoms with van der Waals surface area (Å²) in [6.45, 7) is 1.05. The Morgan fingerprint density at radius 1 is 1.58 bits per heavy atom. The fourth-order valence-electron chi connectivity index (χ4n) is 1.51. The first kappa shape index (κ1) is 9.19. The zero-order valence-corrected chi connectivity index (χ0v) is 7.27. The Hall–Kier alpha value is -0.900. The number of hydrogen-bond acceptors (Lipinski definition) is 3. The first-order valence-electron chi connectivity index (χ1n) is 4.22. The Morgan fingerprint density at radius 3 is 2.92 bits per heavy atom. The van der Waals surface area contributed by atoms with Gasteiger partial charge in [0.25, 0.3) is 0 Å². The molecule has 0 aromatic rings. The van der Waals surface area contributed by atoms with Crippen LogP contribution >= 0.6 is 0 Å². The van der Waals surface area contributed by atoms with Gasteiger partial charge in [0.15, 0.2) is 0 Å². The van der Waals surface area contributed by atoms with Crippen LogP contribution in [0, 0.1) is 10.1 Å². The van der Waals surface area contributed by atoms with Crippen molar-refractivity contribution in [3.05, 3.63) is 22.4 Å². The molecule has 1 aliphatic rings. The average Bonchev–Trinajstić information content (AvgIpc) is 2.03. The highest BCUT2D eigenvalue weighted by Gasteiger charge is 2.16. The number of piperidine rings is 1. The molecule has 0 amide bonds. The van der Waals surface area contributed by atoms with Crippen molar-refractivity contribution < 1.29 is 4.92 Å². The van der Waals surface area contributed by atoms with Gasteiger partial charge in [-0.2, -0.15) is 0 Å². The maximum atomic E-state index is 10.0. The number of rotatable bonds is 2. The van der Waals surface area contributed by atoms with Gasteiger partial charge in [-0.25, -0.2) is 0 Å². The van der Waals surface area contributed by atoms with E-state index in [0.717, 1.165) is 19.2 Å². The van der Waals surface area contributed by atoms with Gasteiger partial charge in [-0.05, 0) is 26.4 Å². The molecule has 1 unspecified atom stereocenters. The molecule has 1 heterocycles. The van der Waals surface area contributed by atoms with Gasteiger partial charge < -0.3 is 0 Å². The molecule has 0 saturated carbocycles. The Balaban J connectivity index is 2.43. The molecular formula is C8H14N2O2. The van der Waals surface area contributed by atoms with E-state index in [2.05, 4.69) is 4.90 Å². The normalized spacial score (nSPS) is 26.2. The van der Waals surface area contributed by atoms with E-state index in [1.54, 1.807) is 6.08 Å². The lowest BCUT2D eigenvalue weighted by atomic mass is 10.0. The van der Waals surface area contributed by atoms with Crippen LogP contribution in [-0.4, -0.2) is 29.5 Å². The molecule has 1 saturated heterocycles. The molecule has 1 atom stereocenters. The van der Waals surface area contributed by atoms with Crippen LogP contribution in [0.2, 0.25) is 0 Å². The predicted octanol–water partition coefficient (Wildman–Crippen LogP) is 1.26. The van der Waals surface area contributed by atoms with E-state index in [1.807, 2.05) is 7.05 Å². The fraction of sp³-hybridized carbons (Fsp3) is 0.750. The van der Waals surface area contributed by atoms with Crippen LogP contribution in [-0.2, 0) is 0 Å². The minimum Gasteiger partial charge on any atom is -0.300 e. The van der Waals surface area contributed by atoms with E-state index in [1.165, 1.54) is 12.8 Å². The number of nitro groups is 1. The van der Waals surface area contributed by atoms with Gasteiger partial charge in [-0.1, -0.05) is 6.42 Å². The van der Waals surface area contributed by atoms with E-state index >= 15 is 0 Å². The number of likely N-dealkylation sites (N-methyl/N-ethyl adjacent to an activating group) is 1. The Bertz CT molecular complexity index is 191. The Morgan fingerprint density at radius 2 is 2.33 bits per heavy atom. The third-order valence-electron chi connectivity index (χ3n) is 2.26. The summed E-state index contributed by atoms with van der Waals surface area (Å²) in [5, 5.41) is 10.0. The molecule has 12 heavy (non-hydrogen) atoms. The highest BCUT2D eigenvalue weighted by atomic mass is 16.6. The summed E-state index contributed by atoms with van der Waals surface area (Å²) in [4.78, 5) is 11.8. The minimum atomic E-state index is -0.400. The summed E-state index contributed by atoms with van der Waals surface area (Å²) in [5.41, 5.74) is 0. The maximum Gasteiger partial charge on any atom is 0.232 e. The fourth-order valence-corrected chi connectivity index (χ4v) is 1.51. The van der Waals surface area contributed by atoms with Crippen molar-refractivity contribution in [2.45, 2.75) is 25.3 Å². The third kappa shape index (κ3) is 2.62. The smallest absolute Gasteiger partial charge is 0.232 e. The van der Waals surface area contributed by atoms with Crippen molar-refractivity contribution in [1.82, 2.24) is 4.90 Å². The monoisotopic (exact) mass is 170 g/mol. The highest BCUT2D eigenvalue weighted by Crippen LogP contribution is 2.15. The summed E-state index contributed by atoms with van der Waals surface area (Å²) in [5.74, 6) is 0. The zero-order chi connectivity index (χ0) is 8.97. The lowest BCUT2D eigenvalue weighted by Gasteiger charge is -2.29. The second-order valence-corrected chi connectivity index (χ2v) is 3.17. The van der Waals surface area contributed by atoms with E-state index in [9.17, 15) is 10.1 Å². The maximum absolute atomic E-state index is 10.0. The largest absolute Gasteiger partial charge is 0.300 e. The Kier molecular flexibility index (Phi) is 3.22. The van der Waals surface area contributed by atoms with Crippen LogP contribution < -0.4 is 0 Å². The summed E-state index contributed by atoms with van der Waals surface area (Å²) < 4.78 is 0. The number of hydrogen-bond donors (Lipinski definition) is 0. The van der Waals surface area contributed by atoms with Crippen LogP contribution in [0.3, 0.4) is 0 Å². The molecule has 0 bridgehead atoms. The van der Waals surface area contributed by atoms with Crippen molar-refractivity contribution in [2.24, 2.45) is 0 Å². The molecule has 0 radical (unpaired) electrons. The molecule has 0 aromatic carbocycles. The Labute approximate surface area is 72.0 Å². The molecular weight excluding hydrogens is 156 g/mol. The van der Waals surface area contributed by atoms with Crippen molar-refractivity contribution >= 4 is 0 Å². The van der Waals surface area contributed by atoms with Crippen molar-refractivity contribution in [1.29, 1.82) is 0 Å². The van der Waals surface area contributed by atoms with Gasteiger partial charge in [0.2, 0.25) is 6.20 Å². The number of likely N-dealkylation sites (tertiary alicyclic amines) is 1. The van der Waals surface area contributed by atoms with Crippen LogP contribution in [0.15, 0.2) is 12.3 Å². The molecule has 4 nitrogen and oxygen atoms in total. The molecule has 0 aromatic heterocycles. The summed E-state index contributed by atoms with van der Waals surface area (Å²) in [6.07, 6.45) is 6.16. The van der Waals surface area contributed by atoms with E-state index in [-0.39, 0.29) is 6.04 Å². The van der Waals surface area contributed by atoms with Gasteiger partial charge in [0, 0.05) is 12.1 Å². The molecule has 0 N–H and O–H groups in total. The van der Waals surface area contributed by atoms with Crippen molar-refractivity contribution in [3.63, 3.8) is 0 Å². The summed E-state index contributed by atoms with van der Waals surface area (Å²) in [7, 11) is 2.01. The lowest BCUT2D eigenvalue weighted by molar-refractivity contribution is -0.402. The molecule has 1 aliphatic heterocycles. The first-order chi connectivity index (χ1) is 5.70. The van der Waals surface area contributed by atoms with Crippen LogP contribution in [0.1, 0.15) is 19.3 Å². The van der Waals surface area contributed by atoms with E-state index in [0.29, 0.717) is 0 Å². The zero-order valence-electron chi connectivity index (χ0n) is 7.27. The van der Waals surface area contributed by atoms with Crippen LogP contribution in [0.4, 0.5) is 0 Å². The number of nitrogens with zero attached hydrogens (tertiary/aromatic N) is 2. The molecule has 4 heteroatoms. The standard InChI is InChI=1S/C8H14N2O2/c1-9-6-3-2-4-8(9)5-7-10(11)12/h5,7-8H,2-4,6H2,1H3/b7-5+. The van der Waals surface area contributed by atoms with Gasteiger partial charge >= 0.3 is 0 Å². The molecule has 68 valence electrons. The van der Waals surface area contributed by atoms with Crippen LogP contribution in [0.25, 0.3) is 0 Å². The van der Waals surface area contributed by atoms with Gasteiger partial charge in [-0.15, -0.1) is 0 Å².